The molecule has 2 heterocycles. The molecule has 1 aliphatic rings. The molecule has 1 aromatic heterocycles. The third kappa shape index (κ3) is 4.99. The lowest BCUT2D eigenvalue weighted by atomic mass is 10.2. The molecule has 1 aliphatic heterocycles. The van der Waals surface area contributed by atoms with Gasteiger partial charge in [0.25, 0.3) is 0 Å². The van der Waals surface area contributed by atoms with Gasteiger partial charge < -0.3 is 24.4 Å². The Bertz CT molecular complexity index is 1100. The Kier molecular flexibility index (Phi) is 7.03. The Hall–Kier alpha value is -1.84. The van der Waals surface area contributed by atoms with E-state index in [1.165, 1.54) is 6.33 Å². The number of rotatable bonds is 6. The SMILES string of the molecule is COc1cc2c(Nc3ccc(Br)c(Cl)c3Cl)ncnc2cc1OCC1CN(C)CCO1. The molecule has 3 aromatic rings. The minimum Gasteiger partial charge on any atom is -0.493 e. The van der Waals surface area contributed by atoms with E-state index in [0.717, 1.165) is 18.5 Å². The normalized spacial score (nSPS) is 17.0. The Morgan fingerprint density at radius 2 is 2.06 bits per heavy atom. The molecule has 1 saturated heterocycles. The van der Waals surface area contributed by atoms with Crippen LogP contribution in [0.25, 0.3) is 10.9 Å². The lowest BCUT2D eigenvalue weighted by Gasteiger charge is -2.30. The summed E-state index contributed by atoms with van der Waals surface area (Å²) in [5, 5.41) is 4.81. The molecule has 1 N–H and O–H groups in total. The smallest absolute Gasteiger partial charge is 0.163 e. The number of halogens is 3. The highest BCUT2D eigenvalue weighted by molar-refractivity contribution is 9.10. The van der Waals surface area contributed by atoms with E-state index >= 15 is 0 Å². The number of nitrogens with zero attached hydrogens (tertiary/aromatic N) is 3. The Labute approximate surface area is 198 Å². The first kappa shape index (κ1) is 22.4. The van der Waals surface area contributed by atoms with Crippen LogP contribution in [0, 0.1) is 0 Å². The van der Waals surface area contributed by atoms with Crippen LogP contribution in [0.4, 0.5) is 11.5 Å². The van der Waals surface area contributed by atoms with Gasteiger partial charge in [0.2, 0.25) is 0 Å². The molecule has 1 atom stereocenters. The molecule has 0 bridgehead atoms. The maximum atomic E-state index is 6.38. The number of nitrogens with one attached hydrogen (secondary N) is 1. The van der Waals surface area contributed by atoms with Gasteiger partial charge in [0.1, 0.15) is 24.9 Å². The number of methoxy groups -OCH3 is 1. The molecular formula is C21H21BrCl2N4O3. The molecule has 2 aromatic carbocycles. The van der Waals surface area contributed by atoms with Crippen molar-refractivity contribution in [3.63, 3.8) is 0 Å². The fraction of sp³-hybridized carbons (Fsp3) is 0.333. The van der Waals surface area contributed by atoms with E-state index in [4.69, 9.17) is 37.4 Å². The van der Waals surface area contributed by atoms with Crippen LogP contribution in [0.15, 0.2) is 35.1 Å². The van der Waals surface area contributed by atoms with E-state index in [0.29, 0.717) is 56.3 Å². The van der Waals surface area contributed by atoms with Gasteiger partial charge in [0, 0.05) is 29.0 Å². The van der Waals surface area contributed by atoms with Crippen LogP contribution in [0.3, 0.4) is 0 Å². The quantitative estimate of drug-likeness (QED) is 0.444. The van der Waals surface area contributed by atoms with E-state index in [-0.39, 0.29) is 6.10 Å². The summed E-state index contributed by atoms with van der Waals surface area (Å²) < 4.78 is 18.1. The van der Waals surface area contributed by atoms with Crippen molar-refractivity contribution < 1.29 is 14.2 Å². The molecule has 0 aliphatic carbocycles. The van der Waals surface area contributed by atoms with Crippen LogP contribution in [-0.4, -0.2) is 61.4 Å². The zero-order chi connectivity index (χ0) is 22.0. The monoisotopic (exact) mass is 526 g/mol. The summed E-state index contributed by atoms with van der Waals surface area (Å²) in [4.78, 5) is 11.0. The van der Waals surface area contributed by atoms with Crippen LogP contribution in [0.5, 0.6) is 11.5 Å². The molecular weight excluding hydrogens is 507 g/mol. The van der Waals surface area contributed by atoms with Gasteiger partial charge in [0.15, 0.2) is 11.5 Å². The molecule has 0 spiro atoms. The summed E-state index contributed by atoms with van der Waals surface area (Å²) in [7, 11) is 3.67. The maximum absolute atomic E-state index is 6.38. The van der Waals surface area contributed by atoms with Gasteiger partial charge in [-0.2, -0.15) is 0 Å². The average molecular weight is 528 g/mol. The first-order valence-electron chi connectivity index (χ1n) is 9.62. The van der Waals surface area contributed by atoms with Gasteiger partial charge in [-0.1, -0.05) is 23.2 Å². The van der Waals surface area contributed by atoms with Crippen molar-refractivity contribution in [2.45, 2.75) is 6.10 Å². The average Bonchev–Trinajstić information content (AvgIpc) is 2.77. The molecule has 31 heavy (non-hydrogen) atoms. The van der Waals surface area contributed by atoms with E-state index in [9.17, 15) is 0 Å². The first-order chi connectivity index (χ1) is 15.0. The number of morpholine rings is 1. The topological polar surface area (TPSA) is 68.7 Å². The zero-order valence-electron chi connectivity index (χ0n) is 17.0. The number of hydrogen-bond donors (Lipinski definition) is 1. The number of fused-ring (bicyclic) bond motifs is 1. The van der Waals surface area contributed by atoms with Gasteiger partial charge in [-0.3, -0.25) is 0 Å². The van der Waals surface area contributed by atoms with Crippen LogP contribution in [-0.2, 0) is 4.74 Å². The van der Waals surface area contributed by atoms with Gasteiger partial charge in [-0.05, 0) is 41.2 Å². The highest BCUT2D eigenvalue weighted by Crippen LogP contribution is 2.39. The summed E-state index contributed by atoms with van der Waals surface area (Å²) >= 11 is 16.0. The number of likely N-dealkylation sites (N-methyl/N-ethyl adjacent to an activating group) is 1. The Morgan fingerprint density at radius 3 is 2.84 bits per heavy atom. The summed E-state index contributed by atoms with van der Waals surface area (Å²) in [6.45, 7) is 2.87. The van der Waals surface area contributed by atoms with Crippen LogP contribution in [0.2, 0.25) is 10.0 Å². The summed E-state index contributed by atoms with van der Waals surface area (Å²) in [5.41, 5.74) is 1.34. The van der Waals surface area contributed by atoms with E-state index in [2.05, 4.69) is 43.2 Å². The summed E-state index contributed by atoms with van der Waals surface area (Å²) in [6, 6.07) is 7.32. The molecule has 164 valence electrons. The zero-order valence-corrected chi connectivity index (χ0v) is 20.1. The van der Waals surface area contributed by atoms with Crippen LogP contribution >= 0.6 is 39.1 Å². The van der Waals surface area contributed by atoms with Gasteiger partial charge in [0.05, 0.1) is 35.0 Å². The largest absolute Gasteiger partial charge is 0.493 e. The second-order valence-corrected chi connectivity index (χ2v) is 8.77. The van der Waals surface area contributed by atoms with Gasteiger partial charge in [-0.25, -0.2) is 9.97 Å². The molecule has 4 rings (SSSR count). The van der Waals surface area contributed by atoms with Crippen molar-refractivity contribution in [2.24, 2.45) is 0 Å². The number of ether oxygens (including phenoxy) is 3. The molecule has 0 saturated carbocycles. The van der Waals surface area contributed by atoms with Crippen molar-refractivity contribution in [1.82, 2.24) is 14.9 Å². The maximum Gasteiger partial charge on any atom is 0.163 e. The minimum absolute atomic E-state index is 0.00562. The lowest BCUT2D eigenvalue weighted by molar-refractivity contribution is -0.0406. The number of anilines is 2. The number of benzene rings is 2. The van der Waals surface area contributed by atoms with E-state index in [1.54, 1.807) is 7.11 Å². The highest BCUT2D eigenvalue weighted by atomic mass is 79.9. The predicted octanol–water partition coefficient (Wildman–Crippen LogP) is 5.16. The number of hydrogen-bond acceptors (Lipinski definition) is 7. The van der Waals surface area contributed by atoms with E-state index in [1.807, 2.05) is 24.3 Å². The fourth-order valence-corrected chi connectivity index (χ4v) is 4.16. The Balaban J connectivity index is 1.61. The predicted molar refractivity (Wildman–Crippen MR) is 126 cm³/mol. The lowest BCUT2D eigenvalue weighted by Crippen LogP contribution is -2.42. The highest BCUT2D eigenvalue weighted by Gasteiger charge is 2.20. The molecule has 1 fully saturated rings. The van der Waals surface area contributed by atoms with Crippen molar-refractivity contribution >= 4 is 61.5 Å². The summed E-state index contributed by atoms with van der Waals surface area (Å²) in [5.74, 6) is 1.75. The molecule has 10 heteroatoms. The van der Waals surface area contributed by atoms with Gasteiger partial charge in [-0.15, -0.1) is 0 Å². The standard InChI is InChI=1S/C21H21BrCl2N4O3/c1-28-5-6-30-12(9-28)10-31-18-8-16-13(7-17(18)29-2)21(26-11-25-16)27-15-4-3-14(22)19(23)20(15)24/h3-4,7-8,11-12H,5-6,9-10H2,1-2H3,(H,25,26,27). The molecule has 0 amide bonds. The molecule has 7 nitrogen and oxygen atoms in total. The minimum atomic E-state index is 0.00562. The third-order valence-electron chi connectivity index (χ3n) is 4.98. The fourth-order valence-electron chi connectivity index (χ4n) is 3.34. The van der Waals surface area contributed by atoms with E-state index < -0.39 is 0 Å². The van der Waals surface area contributed by atoms with Crippen molar-refractivity contribution in [3.05, 3.63) is 45.1 Å². The second-order valence-electron chi connectivity index (χ2n) is 7.16. The molecule has 1 unspecified atom stereocenters. The Morgan fingerprint density at radius 1 is 1.23 bits per heavy atom. The number of aromatic nitrogens is 2. The van der Waals surface area contributed by atoms with Crippen LogP contribution < -0.4 is 14.8 Å². The van der Waals surface area contributed by atoms with Crippen molar-refractivity contribution in [1.29, 1.82) is 0 Å². The third-order valence-corrected chi connectivity index (χ3v) is 6.75. The first-order valence-corrected chi connectivity index (χ1v) is 11.2. The summed E-state index contributed by atoms with van der Waals surface area (Å²) in [6.07, 6.45) is 1.49. The van der Waals surface area contributed by atoms with Gasteiger partial charge >= 0.3 is 0 Å². The van der Waals surface area contributed by atoms with Crippen molar-refractivity contribution in [2.75, 3.05) is 45.8 Å². The molecule has 0 radical (unpaired) electrons. The van der Waals surface area contributed by atoms with Crippen molar-refractivity contribution in [3.8, 4) is 11.5 Å². The second kappa shape index (κ2) is 9.75. The van der Waals surface area contributed by atoms with Crippen LogP contribution in [0.1, 0.15) is 0 Å².